The molecule has 0 radical (unpaired) electrons. The van der Waals surface area contributed by atoms with Crippen molar-refractivity contribution in [3.8, 4) is 6.07 Å². The monoisotopic (exact) mass is 265 g/mol. The van der Waals surface area contributed by atoms with Crippen LogP contribution < -0.4 is 0 Å². The maximum absolute atomic E-state index is 9.08. The molecule has 0 N–H and O–H groups in total. The third kappa shape index (κ3) is 2.66. The number of rotatable bonds is 4. The summed E-state index contributed by atoms with van der Waals surface area (Å²) in [6, 6.07) is 13.3. The third-order valence-electron chi connectivity index (χ3n) is 4.20. The Hall–Kier alpha value is -1.92. The van der Waals surface area contributed by atoms with Gasteiger partial charge in [0.05, 0.1) is 18.1 Å². The van der Waals surface area contributed by atoms with Crippen LogP contribution in [0.25, 0.3) is 10.9 Å². The van der Waals surface area contributed by atoms with E-state index >= 15 is 0 Å². The number of nitrogens with zero attached hydrogens (tertiary/aromatic N) is 3. The highest BCUT2D eigenvalue weighted by Gasteiger charge is 2.22. The molecule has 0 unspecified atom stereocenters. The first-order valence-corrected chi connectivity index (χ1v) is 7.32. The van der Waals surface area contributed by atoms with Crippen LogP contribution in [-0.2, 0) is 6.54 Å². The molecular formula is C17H19N3. The molecule has 1 fully saturated rings. The topological polar surface area (TPSA) is 39.9 Å². The summed E-state index contributed by atoms with van der Waals surface area (Å²) in [6.07, 6.45) is 6.87. The Morgan fingerprint density at radius 1 is 1.20 bits per heavy atom. The summed E-state index contributed by atoms with van der Waals surface area (Å²) in [7, 11) is 0. The van der Waals surface area contributed by atoms with E-state index in [1.807, 2.05) is 12.3 Å². The largest absolute Gasteiger partial charge is 0.283 e. The SMILES string of the molecule is N#CCN(Cc1cccc2cccnc12)C1CCCC1. The molecule has 0 amide bonds. The van der Waals surface area contributed by atoms with Gasteiger partial charge >= 0.3 is 0 Å². The standard InChI is InChI=1S/C17H19N3/c18-10-12-20(16-8-1-2-9-16)13-15-6-3-5-14-7-4-11-19-17(14)15/h3-7,11,16H,1-2,8-9,12-13H2. The first kappa shape index (κ1) is 13.1. The van der Waals surface area contributed by atoms with Gasteiger partial charge in [-0.2, -0.15) is 5.26 Å². The van der Waals surface area contributed by atoms with Crippen LogP contribution in [-0.4, -0.2) is 22.5 Å². The van der Waals surface area contributed by atoms with Gasteiger partial charge in [-0.25, -0.2) is 0 Å². The average molecular weight is 265 g/mol. The molecule has 1 aliphatic rings. The lowest BCUT2D eigenvalue weighted by Crippen LogP contribution is -2.33. The van der Waals surface area contributed by atoms with Gasteiger partial charge in [0.15, 0.2) is 0 Å². The van der Waals surface area contributed by atoms with E-state index in [-0.39, 0.29) is 0 Å². The highest BCUT2D eigenvalue weighted by Crippen LogP contribution is 2.26. The van der Waals surface area contributed by atoms with Crippen molar-refractivity contribution < 1.29 is 0 Å². The summed E-state index contributed by atoms with van der Waals surface area (Å²) in [5, 5.41) is 10.3. The minimum Gasteiger partial charge on any atom is -0.283 e. The molecule has 1 saturated carbocycles. The Balaban J connectivity index is 1.88. The number of para-hydroxylation sites is 1. The van der Waals surface area contributed by atoms with Crippen LogP contribution in [0.1, 0.15) is 31.2 Å². The summed E-state index contributed by atoms with van der Waals surface area (Å²) in [5.41, 5.74) is 2.29. The lowest BCUT2D eigenvalue weighted by Gasteiger charge is -2.26. The second-order valence-electron chi connectivity index (χ2n) is 5.49. The fourth-order valence-electron chi connectivity index (χ4n) is 3.19. The zero-order chi connectivity index (χ0) is 13.8. The second-order valence-corrected chi connectivity index (χ2v) is 5.49. The van der Waals surface area contributed by atoms with Crippen LogP contribution in [0.3, 0.4) is 0 Å². The van der Waals surface area contributed by atoms with Crippen molar-refractivity contribution in [2.75, 3.05) is 6.54 Å². The van der Waals surface area contributed by atoms with Crippen molar-refractivity contribution in [1.82, 2.24) is 9.88 Å². The molecule has 0 aliphatic heterocycles. The van der Waals surface area contributed by atoms with Crippen LogP contribution >= 0.6 is 0 Å². The number of aromatic nitrogens is 1. The molecule has 3 rings (SSSR count). The number of hydrogen-bond donors (Lipinski definition) is 0. The highest BCUT2D eigenvalue weighted by molar-refractivity contribution is 5.81. The molecule has 0 saturated heterocycles. The number of hydrogen-bond acceptors (Lipinski definition) is 3. The molecule has 1 aliphatic carbocycles. The van der Waals surface area contributed by atoms with E-state index in [1.54, 1.807) is 0 Å². The van der Waals surface area contributed by atoms with Crippen molar-refractivity contribution in [2.45, 2.75) is 38.3 Å². The fourth-order valence-corrected chi connectivity index (χ4v) is 3.19. The van der Waals surface area contributed by atoms with Gasteiger partial charge in [0.25, 0.3) is 0 Å². The highest BCUT2D eigenvalue weighted by atomic mass is 15.2. The van der Waals surface area contributed by atoms with Gasteiger partial charge in [0, 0.05) is 24.2 Å². The molecule has 0 bridgehead atoms. The second kappa shape index (κ2) is 6.02. The van der Waals surface area contributed by atoms with Crippen molar-refractivity contribution in [3.63, 3.8) is 0 Å². The lowest BCUT2D eigenvalue weighted by atomic mass is 10.1. The Labute approximate surface area is 119 Å². The number of benzene rings is 1. The minimum absolute atomic E-state index is 0.508. The zero-order valence-electron chi connectivity index (χ0n) is 11.6. The molecule has 1 heterocycles. The van der Waals surface area contributed by atoms with E-state index < -0.39 is 0 Å². The summed E-state index contributed by atoms with van der Waals surface area (Å²) in [4.78, 5) is 6.83. The molecule has 2 aromatic rings. The predicted molar refractivity (Wildman–Crippen MR) is 80.0 cm³/mol. The normalized spacial score (nSPS) is 15.8. The Morgan fingerprint density at radius 2 is 2.00 bits per heavy atom. The zero-order valence-corrected chi connectivity index (χ0v) is 11.6. The first-order chi connectivity index (χ1) is 9.88. The van der Waals surface area contributed by atoms with Crippen molar-refractivity contribution in [2.24, 2.45) is 0 Å². The van der Waals surface area contributed by atoms with Gasteiger partial charge in [-0.15, -0.1) is 0 Å². The molecule has 0 spiro atoms. The van der Waals surface area contributed by atoms with Crippen LogP contribution in [0.4, 0.5) is 0 Å². The van der Waals surface area contributed by atoms with E-state index in [1.165, 1.54) is 36.6 Å². The molecule has 1 aromatic carbocycles. The van der Waals surface area contributed by atoms with Crippen molar-refractivity contribution >= 4 is 10.9 Å². The van der Waals surface area contributed by atoms with Gasteiger partial charge in [-0.1, -0.05) is 37.1 Å². The fraction of sp³-hybridized carbons (Fsp3) is 0.412. The maximum atomic E-state index is 9.08. The number of pyridine rings is 1. The van der Waals surface area contributed by atoms with E-state index in [0.29, 0.717) is 12.6 Å². The predicted octanol–water partition coefficient (Wildman–Crippen LogP) is 3.50. The van der Waals surface area contributed by atoms with Gasteiger partial charge in [0.2, 0.25) is 0 Å². The van der Waals surface area contributed by atoms with Crippen molar-refractivity contribution in [3.05, 3.63) is 42.1 Å². The molecule has 0 atom stereocenters. The van der Waals surface area contributed by atoms with Gasteiger partial charge in [-0.3, -0.25) is 9.88 Å². The van der Waals surface area contributed by atoms with Crippen LogP contribution in [0.15, 0.2) is 36.5 Å². The molecular weight excluding hydrogens is 246 g/mol. The van der Waals surface area contributed by atoms with Crippen LogP contribution in [0, 0.1) is 11.3 Å². The van der Waals surface area contributed by atoms with Crippen LogP contribution in [0.5, 0.6) is 0 Å². The molecule has 102 valence electrons. The summed E-state index contributed by atoms with van der Waals surface area (Å²) in [5.74, 6) is 0. The summed E-state index contributed by atoms with van der Waals surface area (Å²) in [6.45, 7) is 1.33. The van der Waals surface area contributed by atoms with Gasteiger partial charge < -0.3 is 0 Å². The van der Waals surface area contributed by atoms with Crippen LogP contribution in [0.2, 0.25) is 0 Å². The summed E-state index contributed by atoms with van der Waals surface area (Å²) >= 11 is 0. The number of fused-ring (bicyclic) bond motifs is 1. The Morgan fingerprint density at radius 3 is 2.80 bits per heavy atom. The third-order valence-corrected chi connectivity index (χ3v) is 4.20. The maximum Gasteiger partial charge on any atom is 0.0871 e. The van der Waals surface area contributed by atoms with Crippen molar-refractivity contribution in [1.29, 1.82) is 5.26 Å². The van der Waals surface area contributed by atoms with Gasteiger partial charge in [-0.05, 0) is 24.5 Å². The first-order valence-electron chi connectivity index (χ1n) is 7.32. The van der Waals surface area contributed by atoms with E-state index in [9.17, 15) is 0 Å². The smallest absolute Gasteiger partial charge is 0.0871 e. The number of nitriles is 1. The summed E-state index contributed by atoms with van der Waals surface area (Å²) < 4.78 is 0. The average Bonchev–Trinajstić information content (AvgIpc) is 3.01. The van der Waals surface area contributed by atoms with Gasteiger partial charge in [0.1, 0.15) is 0 Å². The lowest BCUT2D eigenvalue weighted by molar-refractivity contribution is 0.215. The molecule has 20 heavy (non-hydrogen) atoms. The Bertz CT molecular complexity index is 618. The minimum atomic E-state index is 0.508. The quantitative estimate of drug-likeness (QED) is 0.794. The van der Waals surface area contributed by atoms with E-state index in [4.69, 9.17) is 5.26 Å². The molecule has 3 heteroatoms. The molecule has 1 aromatic heterocycles. The van der Waals surface area contributed by atoms with E-state index in [0.717, 1.165) is 12.1 Å². The molecule has 3 nitrogen and oxygen atoms in total. The van der Waals surface area contributed by atoms with E-state index in [2.05, 4.69) is 40.2 Å². The Kier molecular flexibility index (Phi) is 3.94.